The second-order valence-corrected chi connectivity index (χ2v) is 7.84. The molecule has 0 fully saturated rings. The zero-order valence-electron chi connectivity index (χ0n) is 17.1. The maximum absolute atomic E-state index is 12.9. The Bertz CT molecular complexity index is 867. The Morgan fingerprint density at radius 1 is 0.966 bits per heavy atom. The summed E-state index contributed by atoms with van der Waals surface area (Å²) in [5, 5.41) is 2.66. The van der Waals surface area contributed by atoms with Crippen LogP contribution in [0.3, 0.4) is 0 Å². The molecule has 0 aromatic heterocycles. The molecule has 0 saturated heterocycles. The van der Waals surface area contributed by atoms with E-state index < -0.39 is 23.7 Å². The van der Waals surface area contributed by atoms with Gasteiger partial charge in [-0.05, 0) is 54.3 Å². The van der Waals surface area contributed by atoms with Gasteiger partial charge >= 0.3 is 5.97 Å². The first-order valence-electron chi connectivity index (χ1n) is 9.46. The lowest BCUT2D eigenvalue weighted by Gasteiger charge is -2.19. The van der Waals surface area contributed by atoms with E-state index in [1.54, 1.807) is 12.1 Å². The molecule has 0 spiro atoms. The maximum atomic E-state index is 12.9. The Balaban J connectivity index is 1.79. The van der Waals surface area contributed by atoms with Gasteiger partial charge in [-0.2, -0.15) is 0 Å². The van der Waals surface area contributed by atoms with Crippen molar-refractivity contribution in [1.82, 2.24) is 5.32 Å². The summed E-state index contributed by atoms with van der Waals surface area (Å²) >= 11 is 0. The summed E-state index contributed by atoms with van der Waals surface area (Å²) in [6.45, 7) is 7.83. The standard InChI is InChI=1S/C23H26FNO4/c1-15(21(27)16-7-11-19(24)12-8-16)29-20(26)13-14-25-22(28)17-5-9-18(10-6-17)23(2,3)4/h5-12,15H,13-14H2,1-4H3,(H,25,28)/t15-/m0/s1. The van der Waals surface area contributed by atoms with E-state index in [1.165, 1.54) is 31.2 Å². The van der Waals surface area contributed by atoms with Crippen LogP contribution in [-0.2, 0) is 14.9 Å². The van der Waals surface area contributed by atoms with Crippen molar-refractivity contribution in [2.45, 2.75) is 45.6 Å². The van der Waals surface area contributed by atoms with Gasteiger partial charge in [0.15, 0.2) is 6.10 Å². The van der Waals surface area contributed by atoms with Gasteiger partial charge in [-0.15, -0.1) is 0 Å². The monoisotopic (exact) mass is 399 g/mol. The predicted molar refractivity (Wildman–Crippen MR) is 108 cm³/mol. The van der Waals surface area contributed by atoms with Gasteiger partial charge in [0.2, 0.25) is 5.78 Å². The van der Waals surface area contributed by atoms with E-state index in [0.29, 0.717) is 5.56 Å². The molecule has 154 valence electrons. The molecule has 0 aliphatic carbocycles. The first-order valence-corrected chi connectivity index (χ1v) is 9.46. The highest BCUT2D eigenvalue weighted by Gasteiger charge is 2.20. The quantitative estimate of drug-likeness (QED) is 0.563. The molecule has 0 bridgehead atoms. The zero-order chi connectivity index (χ0) is 21.6. The van der Waals surface area contributed by atoms with Crippen LogP contribution in [0, 0.1) is 5.82 Å². The Labute approximate surface area is 170 Å². The summed E-state index contributed by atoms with van der Waals surface area (Å²) in [6.07, 6.45) is -1.05. The minimum absolute atomic E-state index is 0.000798. The molecule has 2 rings (SSSR count). The molecule has 6 heteroatoms. The van der Waals surface area contributed by atoms with Crippen LogP contribution in [0.15, 0.2) is 48.5 Å². The zero-order valence-corrected chi connectivity index (χ0v) is 17.1. The second kappa shape index (κ2) is 9.45. The van der Waals surface area contributed by atoms with E-state index in [2.05, 4.69) is 26.1 Å². The number of hydrogen-bond donors (Lipinski definition) is 1. The molecule has 0 heterocycles. The summed E-state index contributed by atoms with van der Waals surface area (Å²) in [4.78, 5) is 36.3. The maximum Gasteiger partial charge on any atom is 0.308 e. The lowest BCUT2D eigenvalue weighted by Crippen LogP contribution is -2.29. The number of benzene rings is 2. The molecule has 2 aromatic carbocycles. The number of halogens is 1. The van der Waals surface area contributed by atoms with Gasteiger partial charge in [-0.25, -0.2) is 4.39 Å². The van der Waals surface area contributed by atoms with E-state index in [4.69, 9.17) is 4.74 Å². The molecule has 29 heavy (non-hydrogen) atoms. The van der Waals surface area contributed by atoms with E-state index >= 15 is 0 Å². The van der Waals surface area contributed by atoms with Crippen LogP contribution in [-0.4, -0.2) is 30.3 Å². The number of carbonyl (C=O) groups excluding carboxylic acids is 3. The van der Waals surface area contributed by atoms with Gasteiger partial charge < -0.3 is 10.1 Å². The Kier molecular flexibility index (Phi) is 7.26. The first kappa shape index (κ1) is 22.3. The number of esters is 1. The van der Waals surface area contributed by atoms with Gasteiger partial charge in [0.1, 0.15) is 5.82 Å². The minimum atomic E-state index is -0.992. The van der Waals surface area contributed by atoms with Crippen LogP contribution in [0.25, 0.3) is 0 Å². The average Bonchev–Trinajstić information content (AvgIpc) is 2.67. The van der Waals surface area contributed by atoms with Crippen molar-refractivity contribution in [2.24, 2.45) is 0 Å². The number of rotatable bonds is 7. The minimum Gasteiger partial charge on any atom is -0.454 e. The summed E-state index contributed by atoms with van der Waals surface area (Å²) in [5.74, 6) is -1.75. The highest BCUT2D eigenvalue weighted by molar-refractivity contribution is 6.00. The van der Waals surface area contributed by atoms with Crippen LogP contribution in [0.2, 0.25) is 0 Å². The Morgan fingerprint density at radius 3 is 2.07 bits per heavy atom. The lowest BCUT2D eigenvalue weighted by molar-refractivity contribution is -0.146. The highest BCUT2D eigenvalue weighted by atomic mass is 19.1. The molecule has 1 N–H and O–H groups in total. The Hall–Kier alpha value is -3.02. The topological polar surface area (TPSA) is 72.5 Å². The van der Waals surface area contributed by atoms with Crippen LogP contribution in [0.5, 0.6) is 0 Å². The first-order chi connectivity index (χ1) is 13.6. The second-order valence-electron chi connectivity index (χ2n) is 7.84. The smallest absolute Gasteiger partial charge is 0.308 e. The van der Waals surface area contributed by atoms with Crippen LogP contribution >= 0.6 is 0 Å². The largest absolute Gasteiger partial charge is 0.454 e. The number of nitrogens with one attached hydrogen (secondary N) is 1. The van der Waals surface area contributed by atoms with Crippen molar-refractivity contribution in [3.8, 4) is 0 Å². The van der Waals surface area contributed by atoms with Gasteiger partial charge in [0, 0.05) is 17.7 Å². The summed E-state index contributed by atoms with van der Waals surface area (Å²) in [5.41, 5.74) is 1.89. The molecule has 2 aromatic rings. The highest BCUT2D eigenvalue weighted by Crippen LogP contribution is 2.22. The lowest BCUT2D eigenvalue weighted by atomic mass is 9.87. The number of ketones is 1. The Morgan fingerprint density at radius 2 is 1.52 bits per heavy atom. The molecule has 5 nitrogen and oxygen atoms in total. The van der Waals surface area contributed by atoms with E-state index in [0.717, 1.165) is 5.56 Å². The number of carbonyl (C=O) groups is 3. The third-order valence-electron chi connectivity index (χ3n) is 4.43. The number of ether oxygens (including phenoxy) is 1. The number of amides is 1. The van der Waals surface area contributed by atoms with E-state index in [1.807, 2.05) is 12.1 Å². The SMILES string of the molecule is C[C@H](OC(=O)CCNC(=O)c1ccc(C(C)(C)C)cc1)C(=O)c1ccc(F)cc1. The van der Waals surface area contributed by atoms with Gasteiger partial charge in [-0.1, -0.05) is 32.9 Å². The van der Waals surface area contributed by atoms with E-state index in [9.17, 15) is 18.8 Å². The molecular weight excluding hydrogens is 373 g/mol. The molecule has 0 aliphatic heterocycles. The molecule has 1 atom stereocenters. The summed E-state index contributed by atoms with van der Waals surface area (Å²) < 4.78 is 18.0. The summed E-state index contributed by atoms with van der Waals surface area (Å²) in [7, 11) is 0. The van der Waals surface area contributed by atoms with Crippen LogP contribution in [0.4, 0.5) is 4.39 Å². The molecule has 0 unspecified atom stereocenters. The normalized spacial score (nSPS) is 12.2. The van der Waals surface area contributed by atoms with Crippen molar-refractivity contribution >= 4 is 17.7 Å². The fraction of sp³-hybridized carbons (Fsp3) is 0.348. The molecule has 0 saturated carbocycles. The molecule has 0 radical (unpaired) electrons. The average molecular weight is 399 g/mol. The summed E-state index contributed by atoms with van der Waals surface area (Å²) in [6, 6.07) is 12.3. The van der Waals surface area contributed by atoms with Crippen molar-refractivity contribution < 1.29 is 23.5 Å². The predicted octanol–water partition coefficient (Wildman–Crippen LogP) is 4.06. The van der Waals surface area contributed by atoms with Gasteiger partial charge in [0.25, 0.3) is 5.91 Å². The van der Waals surface area contributed by atoms with E-state index in [-0.39, 0.29) is 29.9 Å². The number of Topliss-reactive ketones (excluding diaryl/α,β-unsaturated/α-hetero) is 1. The third-order valence-corrected chi connectivity index (χ3v) is 4.43. The number of hydrogen-bond acceptors (Lipinski definition) is 4. The van der Waals surface area contributed by atoms with Crippen LogP contribution < -0.4 is 5.32 Å². The van der Waals surface area contributed by atoms with Crippen molar-refractivity contribution in [3.05, 3.63) is 71.0 Å². The van der Waals surface area contributed by atoms with Crippen molar-refractivity contribution in [2.75, 3.05) is 6.54 Å². The van der Waals surface area contributed by atoms with Gasteiger partial charge in [0.05, 0.1) is 6.42 Å². The fourth-order valence-corrected chi connectivity index (χ4v) is 2.66. The van der Waals surface area contributed by atoms with Gasteiger partial charge in [-0.3, -0.25) is 14.4 Å². The van der Waals surface area contributed by atoms with Crippen LogP contribution in [0.1, 0.15) is 60.4 Å². The molecule has 1 amide bonds. The van der Waals surface area contributed by atoms with Crippen molar-refractivity contribution in [1.29, 1.82) is 0 Å². The molecular formula is C23H26FNO4. The third kappa shape index (κ3) is 6.52. The fourth-order valence-electron chi connectivity index (χ4n) is 2.66. The van der Waals surface area contributed by atoms with Crippen molar-refractivity contribution in [3.63, 3.8) is 0 Å². The molecule has 0 aliphatic rings.